The topological polar surface area (TPSA) is 69.0 Å². The molecule has 1 amide bonds. The first-order chi connectivity index (χ1) is 15.0. The van der Waals surface area contributed by atoms with E-state index in [0.29, 0.717) is 22.3 Å². The van der Waals surface area contributed by atoms with Crippen LogP contribution in [0.5, 0.6) is 5.75 Å². The molecule has 0 unspecified atom stereocenters. The number of nitrogens with zero attached hydrogens (tertiary/aromatic N) is 3. The summed E-state index contributed by atoms with van der Waals surface area (Å²) in [5.41, 5.74) is 4.45. The van der Waals surface area contributed by atoms with Crippen LogP contribution in [0.1, 0.15) is 21.7 Å². The van der Waals surface area contributed by atoms with Gasteiger partial charge in [-0.25, -0.2) is 9.67 Å². The molecule has 7 heteroatoms. The molecular weight excluding hydrogens is 412 g/mol. The molecule has 0 aliphatic carbocycles. The van der Waals surface area contributed by atoms with Gasteiger partial charge in [0, 0.05) is 10.6 Å². The van der Waals surface area contributed by atoms with E-state index in [1.54, 1.807) is 36.1 Å². The van der Waals surface area contributed by atoms with Crippen molar-refractivity contribution in [2.45, 2.75) is 13.8 Å². The van der Waals surface area contributed by atoms with Crippen molar-refractivity contribution < 1.29 is 9.53 Å². The van der Waals surface area contributed by atoms with Gasteiger partial charge >= 0.3 is 0 Å². The van der Waals surface area contributed by atoms with E-state index < -0.39 is 5.91 Å². The summed E-state index contributed by atoms with van der Waals surface area (Å²) in [5, 5.41) is 7.97. The average Bonchev–Trinajstić information content (AvgIpc) is 3.22. The van der Waals surface area contributed by atoms with Crippen molar-refractivity contribution in [3.05, 3.63) is 88.7 Å². The van der Waals surface area contributed by atoms with Gasteiger partial charge in [0.2, 0.25) is 5.82 Å². The van der Waals surface area contributed by atoms with Crippen molar-refractivity contribution in [2.24, 2.45) is 0 Å². The third-order valence-corrected chi connectivity index (χ3v) is 5.25. The van der Waals surface area contributed by atoms with Crippen molar-refractivity contribution >= 4 is 23.2 Å². The lowest BCUT2D eigenvalue weighted by Crippen LogP contribution is -2.15. The van der Waals surface area contributed by atoms with Gasteiger partial charge in [-0.05, 0) is 73.5 Å². The first-order valence-corrected chi connectivity index (χ1v) is 10.1. The lowest BCUT2D eigenvalue weighted by atomic mass is 10.1. The molecule has 0 spiro atoms. The number of hydrogen-bond acceptors (Lipinski definition) is 4. The second-order valence-electron chi connectivity index (χ2n) is 7.10. The fraction of sp³-hybridized carbons (Fsp3) is 0.125. The minimum absolute atomic E-state index is 0.0501. The summed E-state index contributed by atoms with van der Waals surface area (Å²) in [5.74, 6) is 0.726. The number of nitrogens with one attached hydrogen (secondary N) is 1. The number of carbonyl (C=O) groups is 1. The van der Waals surface area contributed by atoms with E-state index in [1.165, 1.54) is 5.56 Å². The zero-order valence-electron chi connectivity index (χ0n) is 17.4. The molecule has 0 saturated heterocycles. The summed E-state index contributed by atoms with van der Waals surface area (Å²) in [6, 6.07) is 20.5. The Morgan fingerprint density at radius 1 is 1.00 bits per heavy atom. The number of aromatic nitrogens is 3. The van der Waals surface area contributed by atoms with Gasteiger partial charge in [-0.15, -0.1) is 5.10 Å². The Morgan fingerprint density at radius 2 is 1.74 bits per heavy atom. The van der Waals surface area contributed by atoms with E-state index >= 15 is 0 Å². The Balaban J connectivity index is 1.78. The van der Waals surface area contributed by atoms with Crippen LogP contribution in [0.3, 0.4) is 0 Å². The average molecular weight is 433 g/mol. The first-order valence-electron chi connectivity index (χ1n) is 9.71. The van der Waals surface area contributed by atoms with Gasteiger partial charge in [-0.3, -0.25) is 4.79 Å². The Morgan fingerprint density at radius 3 is 2.45 bits per heavy atom. The highest BCUT2D eigenvalue weighted by molar-refractivity contribution is 6.30. The number of halogens is 1. The number of carbonyl (C=O) groups excluding carboxylic acids is 1. The van der Waals surface area contributed by atoms with Crippen molar-refractivity contribution in [2.75, 3.05) is 12.4 Å². The molecule has 0 atom stereocenters. The normalized spacial score (nSPS) is 10.7. The van der Waals surface area contributed by atoms with E-state index in [1.807, 2.05) is 56.3 Å². The summed E-state index contributed by atoms with van der Waals surface area (Å²) >= 11 is 6.05. The Kier molecular flexibility index (Phi) is 5.73. The molecule has 4 aromatic rings. The maximum atomic E-state index is 13.0. The van der Waals surface area contributed by atoms with Crippen molar-refractivity contribution in [1.29, 1.82) is 0 Å². The van der Waals surface area contributed by atoms with Gasteiger partial charge in [-0.1, -0.05) is 29.8 Å². The van der Waals surface area contributed by atoms with E-state index in [0.717, 1.165) is 16.8 Å². The number of amides is 1. The molecule has 31 heavy (non-hydrogen) atoms. The van der Waals surface area contributed by atoms with Crippen LogP contribution < -0.4 is 10.1 Å². The second-order valence-corrected chi connectivity index (χ2v) is 7.54. The van der Waals surface area contributed by atoms with Crippen LogP contribution in [-0.2, 0) is 0 Å². The predicted octanol–water partition coefficient (Wildman–Crippen LogP) is 5.47. The molecule has 3 aromatic carbocycles. The number of anilines is 1. The molecule has 0 fully saturated rings. The molecule has 0 aliphatic heterocycles. The highest BCUT2D eigenvalue weighted by Gasteiger charge is 2.20. The third kappa shape index (κ3) is 4.29. The predicted molar refractivity (Wildman–Crippen MR) is 122 cm³/mol. The van der Waals surface area contributed by atoms with Crippen LogP contribution in [0.2, 0.25) is 5.02 Å². The Bertz CT molecular complexity index is 1250. The molecule has 6 nitrogen and oxygen atoms in total. The summed E-state index contributed by atoms with van der Waals surface area (Å²) in [4.78, 5) is 17.5. The number of hydrogen-bond donors (Lipinski definition) is 1. The molecule has 0 bridgehead atoms. The highest BCUT2D eigenvalue weighted by atomic mass is 35.5. The molecule has 0 saturated carbocycles. The largest absolute Gasteiger partial charge is 0.495 e. The van der Waals surface area contributed by atoms with E-state index in [-0.39, 0.29) is 5.82 Å². The van der Waals surface area contributed by atoms with Crippen LogP contribution in [0.25, 0.3) is 17.1 Å². The van der Waals surface area contributed by atoms with Crippen LogP contribution in [-0.4, -0.2) is 27.8 Å². The molecule has 1 N–H and O–H groups in total. The summed E-state index contributed by atoms with van der Waals surface area (Å²) in [6.45, 7) is 4.08. The molecule has 0 radical (unpaired) electrons. The minimum Gasteiger partial charge on any atom is -0.495 e. The molecular formula is C24H21ClN4O2. The lowest BCUT2D eigenvalue weighted by molar-refractivity contribution is 0.101. The molecule has 1 heterocycles. The number of ether oxygens (including phenoxy) is 1. The molecule has 156 valence electrons. The van der Waals surface area contributed by atoms with Crippen molar-refractivity contribution in [3.8, 4) is 22.8 Å². The lowest BCUT2D eigenvalue weighted by Gasteiger charge is -2.08. The summed E-state index contributed by atoms with van der Waals surface area (Å²) in [7, 11) is 1.55. The van der Waals surface area contributed by atoms with Crippen LogP contribution in [0.15, 0.2) is 66.7 Å². The highest BCUT2D eigenvalue weighted by Crippen LogP contribution is 2.26. The van der Waals surface area contributed by atoms with Crippen LogP contribution >= 0.6 is 11.6 Å². The minimum atomic E-state index is -0.428. The third-order valence-electron chi connectivity index (χ3n) is 5.00. The van der Waals surface area contributed by atoms with E-state index in [2.05, 4.69) is 15.4 Å². The maximum Gasteiger partial charge on any atom is 0.295 e. The number of para-hydroxylation sites is 2. The zero-order chi connectivity index (χ0) is 22.0. The van der Waals surface area contributed by atoms with Crippen LogP contribution in [0.4, 0.5) is 5.69 Å². The van der Waals surface area contributed by atoms with Gasteiger partial charge in [0.1, 0.15) is 5.75 Å². The van der Waals surface area contributed by atoms with Gasteiger partial charge in [0.15, 0.2) is 5.82 Å². The number of benzene rings is 3. The quantitative estimate of drug-likeness (QED) is 0.454. The Hall–Kier alpha value is -3.64. The molecule has 4 rings (SSSR count). The maximum absolute atomic E-state index is 13.0. The van der Waals surface area contributed by atoms with E-state index in [4.69, 9.17) is 16.3 Å². The first kappa shape index (κ1) is 20.6. The second kappa shape index (κ2) is 8.62. The van der Waals surface area contributed by atoms with Crippen molar-refractivity contribution in [3.63, 3.8) is 0 Å². The smallest absolute Gasteiger partial charge is 0.295 e. The summed E-state index contributed by atoms with van der Waals surface area (Å²) in [6.07, 6.45) is 0. The summed E-state index contributed by atoms with van der Waals surface area (Å²) < 4.78 is 6.99. The number of aryl methyl sites for hydroxylation is 2. The van der Waals surface area contributed by atoms with E-state index in [9.17, 15) is 4.79 Å². The van der Waals surface area contributed by atoms with Crippen LogP contribution in [0, 0.1) is 13.8 Å². The fourth-order valence-corrected chi connectivity index (χ4v) is 3.28. The fourth-order valence-electron chi connectivity index (χ4n) is 3.16. The monoisotopic (exact) mass is 432 g/mol. The SMILES string of the molecule is COc1ccccc1NC(=O)c1nc(-c2ccc(Cl)cc2)n(-c2ccc(C)c(C)c2)n1. The Labute approximate surface area is 185 Å². The van der Waals surface area contributed by atoms with Gasteiger partial charge in [0.05, 0.1) is 18.5 Å². The van der Waals surface area contributed by atoms with Gasteiger partial charge < -0.3 is 10.1 Å². The standard InChI is InChI=1S/C24H21ClN4O2/c1-15-8-13-19(14-16(15)2)29-23(17-9-11-18(25)12-10-17)27-22(28-29)24(30)26-20-6-4-5-7-21(20)31-3/h4-14H,1-3H3,(H,26,30). The van der Waals surface area contributed by atoms with Gasteiger partial charge in [-0.2, -0.15) is 0 Å². The van der Waals surface area contributed by atoms with Gasteiger partial charge in [0.25, 0.3) is 5.91 Å². The molecule has 1 aromatic heterocycles. The zero-order valence-corrected chi connectivity index (χ0v) is 18.1. The van der Waals surface area contributed by atoms with Crippen molar-refractivity contribution in [1.82, 2.24) is 14.8 Å². The number of rotatable bonds is 5. The molecule has 0 aliphatic rings. The number of methoxy groups -OCH3 is 1.